The second kappa shape index (κ2) is 20.9. The summed E-state index contributed by atoms with van der Waals surface area (Å²) in [7, 11) is 0. The fourth-order valence-corrected chi connectivity index (χ4v) is 8.23. The number of oxazole rings is 2. The third-order valence-corrected chi connectivity index (χ3v) is 11.5. The maximum atomic E-state index is 12.2. The number of nitrogens with zero attached hydrogens (tertiary/aromatic N) is 3. The average molecular weight is 841 g/mol. The van der Waals surface area contributed by atoms with Gasteiger partial charge in [-0.15, -0.1) is 0 Å². The van der Waals surface area contributed by atoms with Gasteiger partial charge in [0.1, 0.15) is 23.0 Å². The first kappa shape index (κ1) is 43.7. The zero-order valence-corrected chi connectivity index (χ0v) is 35.9. The van der Waals surface area contributed by atoms with Gasteiger partial charge in [0.2, 0.25) is 11.8 Å². The normalized spacial score (nSPS) is 18.2. The number of carbonyl (C=O) groups excluding carboxylic acids is 1. The van der Waals surface area contributed by atoms with Crippen LogP contribution in [0.1, 0.15) is 66.1 Å². The summed E-state index contributed by atoms with van der Waals surface area (Å²) in [6, 6.07) is 35.9. The monoisotopic (exact) mass is 840 g/mol. The summed E-state index contributed by atoms with van der Waals surface area (Å²) in [6.45, 7) is 12.1. The third kappa shape index (κ3) is 11.3. The van der Waals surface area contributed by atoms with Crippen LogP contribution < -0.4 is 14.8 Å². The van der Waals surface area contributed by atoms with Crippen LogP contribution >= 0.6 is 0 Å². The van der Waals surface area contributed by atoms with E-state index in [0.717, 1.165) is 64.9 Å². The van der Waals surface area contributed by atoms with Gasteiger partial charge in [0, 0.05) is 55.4 Å². The van der Waals surface area contributed by atoms with E-state index in [-0.39, 0.29) is 24.9 Å². The van der Waals surface area contributed by atoms with Gasteiger partial charge in [-0.2, -0.15) is 0 Å². The van der Waals surface area contributed by atoms with Crippen LogP contribution in [0.25, 0.3) is 22.9 Å². The minimum Gasteiger partial charge on any atom is -0.493 e. The number of amides is 1. The van der Waals surface area contributed by atoms with Gasteiger partial charge < -0.3 is 38.4 Å². The van der Waals surface area contributed by atoms with Gasteiger partial charge in [0.25, 0.3) is 0 Å². The molecule has 4 aromatic carbocycles. The van der Waals surface area contributed by atoms with Crippen LogP contribution in [0.5, 0.6) is 11.5 Å². The number of nitrogens with one attached hydrogen (secondary N) is 1. The number of aromatic nitrogens is 2. The third-order valence-electron chi connectivity index (χ3n) is 11.5. The van der Waals surface area contributed by atoms with Crippen molar-refractivity contribution in [1.29, 1.82) is 0 Å². The Morgan fingerprint density at radius 1 is 0.726 bits per heavy atom. The molecule has 2 saturated heterocycles. The molecule has 2 aliphatic heterocycles. The Morgan fingerprint density at radius 3 is 1.74 bits per heavy atom. The average Bonchev–Trinajstić information content (AvgIpc) is 4.09. The van der Waals surface area contributed by atoms with Crippen LogP contribution in [0.4, 0.5) is 4.79 Å². The van der Waals surface area contributed by atoms with E-state index in [1.807, 2.05) is 105 Å². The summed E-state index contributed by atoms with van der Waals surface area (Å²) in [4.78, 5) is 34.5. The molecule has 2 aromatic heterocycles. The van der Waals surface area contributed by atoms with Crippen LogP contribution in [0.3, 0.4) is 0 Å². The maximum Gasteiger partial charge on any atom is 0.409 e. The van der Waals surface area contributed by atoms with Crippen molar-refractivity contribution in [2.24, 2.45) is 11.8 Å². The smallest absolute Gasteiger partial charge is 0.409 e. The molecule has 0 spiro atoms. The van der Waals surface area contributed by atoms with Gasteiger partial charge in [0.05, 0.1) is 37.6 Å². The van der Waals surface area contributed by atoms with Gasteiger partial charge in [-0.1, -0.05) is 67.6 Å². The molecule has 2 fully saturated rings. The van der Waals surface area contributed by atoms with Crippen LogP contribution in [0.15, 0.2) is 118 Å². The fourth-order valence-electron chi connectivity index (χ4n) is 8.23. The zero-order chi connectivity index (χ0) is 43.4. The second-order valence-corrected chi connectivity index (χ2v) is 15.9. The van der Waals surface area contributed by atoms with E-state index in [0.29, 0.717) is 62.1 Å². The topological polar surface area (TPSA) is 149 Å². The maximum absolute atomic E-state index is 12.2. The van der Waals surface area contributed by atoms with Crippen molar-refractivity contribution in [3.8, 4) is 34.4 Å². The first-order chi connectivity index (χ1) is 30.1. The molecule has 2 aliphatic rings. The van der Waals surface area contributed by atoms with Crippen LogP contribution in [-0.4, -0.2) is 78.0 Å². The van der Waals surface area contributed by atoms with Crippen LogP contribution in [-0.2, 0) is 22.4 Å². The summed E-state index contributed by atoms with van der Waals surface area (Å²) in [5.41, 5.74) is 6.04. The van der Waals surface area contributed by atoms with Gasteiger partial charge in [-0.3, -0.25) is 4.79 Å². The Morgan fingerprint density at radius 2 is 1.26 bits per heavy atom. The van der Waals surface area contributed by atoms with Crippen molar-refractivity contribution in [3.63, 3.8) is 0 Å². The van der Waals surface area contributed by atoms with Gasteiger partial charge in [-0.25, -0.2) is 14.8 Å². The molecular formula is C50H56N4O8. The molecule has 12 nitrogen and oxygen atoms in total. The zero-order valence-electron chi connectivity index (χ0n) is 35.9. The molecule has 0 radical (unpaired) electrons. The molecule has 4 atom stereocenters. The molecule has 8 rings (SSSR count). The van der Waals surface area contributed by atoms with E-state index in [1.165, 1.54) is 5.56 Å². The summed E-state index contributed by atoms with van der Waals surface area (Å²) < 4.78 is 28.8. The number of hydrogen-bond acceptors (Lipinski definition) is 10. The predicted octanol–water partition coefficient (Wildman–Crippen LogP) is 9.51. The molecule has 12 heteroatoms. The lowest BCUT2D eigenvalue weighted by molar-refractivity contribution is -0.138. The quantitative estimate of drug-likeness (QED) is 0.102. The molecular weight excluding hydrogens is 785 g/mol. The lowest BCUT2D eigenvalue weighted by Crippen LogP contribution is -2.29. The number of aliphatic carboxylic acids is 1. The Kier molecular flexibility index (Phi) is 14.7. The van der Waals surface area contributed by atoms with Crippen LogP contribution in [0.2, 0.25) is 0 Å². The Hall–Kier alpha value is -6.40. The first-order valence-corrected chi connectivity index (χ1v) is 21.5. The van der Waals surface area contributed by atoms with E-state index in [2.05, 4.69) is 40.4 Å². The summed E-state index contributed by atoms with van der Waals surface area (Å²) in [6.07, 6.45) is 0.901. The van der Waals surface area contributed by atoms with Crippen molar-refractivity contribution in [2.75, 3.05) is 46.0 Å². The largest absolute Gasteiger partial charge is 0.493 e. The molecule has 0 aliphatic carbocycles. The van der Waals surface area contributed by atoms with Crippen molar-refractivity contribution in [1.82, 2.24) is 20.2 Å². The number of rotatable bonds is 15. The molecule has 0 bridgehead atoms. The number of ether oxygens (including phenoxy) is 3. The van der Waals surface area contributed by atoms with E-state index in [1.54, 1.807) is 11.8 Å². The van der Waals surface area contributed by atoms with E-state index < -0.39 is 12.1 Å². The van der Waals surface area contributed by atoms with E-state index in [4.69, 9.17) is 23.0 Å². The Bertz CT molecular complexity index is 2380. The van der Waals surface area contributed by atoms with Crippen LogP contribution in [0, 0.1) is 25.7 Å². The minimum atomic E-state index is -0.879. The number of likely N-dealkylation sites (tertiary alicyclic amines) is 1. The number of hydrogen-bond donors (Lipinski definition) is 2. The highest BCUT2D eigenvalue weighted by atomic mass is 16.6. The highest BCUT2D eigenvalue weighted by Crippen LogP contribution is 2.37. The fraction of sp³-hybridized carbons (Fsp3) is 0.360. The van der Waals surface area contributed by atoms with Gasteiger partial charge in [-0.05, 0) is 98.8 Å². The lowest BCUT2D eigenvalue weighted by atomic mass is 9.87. The Balaban J connectivity index is 0.000000192. The minimum absolute atomic E-state index is 0.0131. The molecule has 0 unspecified atom stereocenters. The summed E-state index contributed by atoms with van der Waals surface area (Å²) in [5, 5.41) is 12.8. The number of benzene rings is 4. The van der Waals surface area contributed by atoms with Gasteiger partial charge in [0.15, 0.2) is 0 Å². The number of aryl methyl sites for hydroxylation is 2. The SMILES string of the molecule is CCOC(=O)N1C[C@@H](CC(=O)O)[C@H](c2cccc(OCCc3nc(-c4ccccc4)oc3C)c2)C1.Cc1oc(-c2ccccc2)nc1CCOc1cccc([C@@H]2CNC[C@H]2C)c1. The van der Waals surface area contributed by atoms with Gasteiger partial charge >= 0.3 is 12.1 Å². The van der Waals surface area contributed by atoms with E-state index in [9.17, 15) is 14.7 Å². The number of carboxylic acids is 1. The molecule has 6 aromatic rings. The molecule has 324 valence electrons. The Labute approximate surface area is 363 Å². The predicted molar refractivity (Wildman–Crippen MR) is 236 cm³/mol. The molecule has 2 N–H and O–H groups in total. The molecule has 1 amide bonds. The van der Waals surface area contributed by atoms with Crippen molar-refractivity contribution in [3.05, 3.63) is 143 Å². The number of carbonyl (C=O) groups is 2. The highest BCUT2D eigenvalue weighted by Gasteiger charge is 2.38. The van der Waals surface area contributed by atoms with Crippen molar-refractivity contribution >= 4 is 12.1 Å². The van der Waals surface area contributed by atoms with Crippen molar-refractivity contribution in [2.45, 2.75) is 58.8 Å². The van der Waals surface area contributed by atoms with E-state index >= 15 is 0 Å². The highest BCUT2D eigenvalue weighted by molar-refractivity contribution is 5.70. The summed E-state index contributed by atoms with van der Waals surface area (Å²) in [5.74, 6) is 4.56. The van der Waals surface area contributed by atoms with Crippen molar-refractivity contribution < 1.29 is 37.7 Å². The molecule has 4 heterocycles. The molecule has 62 heavy (non-hydrogen) atoms. The molecule has 0 saturated carbocycles. The second-order valence-electron chi connectivity index (χ2n) is 15.9. The summed E-state index contributed by atoms with van der Waals surface area (Å²) >= 11 is 0. The number of carboxylic acid groups (broad SMARTS) is 1. The lowest BCUT2D eigenvalue weighted by Gasteiger charge is -2.18. The first-order valence-electron chi connectivity index (χ1n) is 21.5. The standard InChI is InChI=1S/C27H30N2O6.C23H26N2O2/c1-3-33-27(32)29-16-21(15-25(30)31)23(17-29)20-10-7-11-22(14-20)34-13-12-24-18(2)35-26(28-24)19-8-5-4-6-9-19;1-16-14-24-15-21(16)19-9-6-10-20(13-19)26-12-11-22-17(2)27-23(25-22)18-7-4-3-5-8-18/h4-11,14,21,23H,3,12-13,15-17H2,1-2H3,(H,30,31);3-10,13,16,21,24H,11-12,14-15H2,1-2H3/t21-,23+;16-,21-/m11/s1.